The second kappa shape index (κ2) is 7.03. The molecule has 0 spiro atoms. The topological polar surface area (TPSA) is 35.2 Å². The van der Waals surface area contributed by atoms with Gasteiger partial charge in [0.2, 0.25) is 0 Å². The van der Waals surface area contributed by atoms with Crippen LogP contribution in [0.2, 0.25) is 5.02 Å². The highest BCUT2D eigenvalue weighted by atomic mass is 35.5. The molecule has 0 aliphatic carbocycles. The second-order valence-corrected chi connectivity index (χ2v) is 6.10. The zero-order valence-electron chi connectivity index (χ0n) is 13.1. The zero-order chi connectivity index (χ0) is 16.2. The molecule has 1 atom stereocenters. The zero-order valence-corrected chi connectivity index (χ0v) is 13.9. The third kappa shape index (κ3) is 3.34. The van der Waals surface area contributed by atoms with E-state index in [4.69, 9.17) is 22.1 Å². The summed E-state index contributed by atoms with van der Waals surface area (Å²) in [5, 5.41) is 3.21. The van der Waals surface area contributed by atoms with Crippen LogP contribution in [-0.4, -0.2) is 13.7 Å². The lowest BCUT2D eigenvalue weighted by Gasteiger charge is -2.19. The molecule has 0 aliphatic heterocycles. The molecule has 0 aromatic heterocycles. The summed E-state index contributed by atoms with van der Waals surface area (Å²) in [6.45, 7) is 0.573. The highest BCUT2D eigenvalue weighted by Crippen LogP contribution is 2.31. The van der Waals surface area contributed by atoms with E-state index in [1.807, 2.05) is 18.2 Å². The minimum atomic E-state index is 0.216. The van der Waals surface area contributed by atoms with Gasteiger partial charge in [-0.3, -0.25) is 0 Å². The van der Waals surface area contributed by atoms with Crippen LogP contribution in [0.4, 0.5) is 0 Å². The van der Waals surface area contributed by atoms with Crippen LogP contribution in [-0.2, 0) is 6.42 Å². The van der Waals surface area contributed by atoms with Gasteiger partial charge in [0.05, 0.1) is 7.11 Å². The number of benzene rings is 3. The number of halogens is 1. The van der Waals surface area contributed by atoms with E-state index < -0.39 is 0 Å². The van der Waals surface area contributed by atoms with E-state index in [0.29, 0.717) is 6.54 Å². The average molecular weight is 326 g/mol. The van der Waals surface area contributed by atoms with Crippen molar-refractivity contribution in [3.63, 3.8) is 0 Å². The minimum absolute atomic E-state index is 0.216. The lowest BCUT2D eigenvalue weighted by atomic mass is 9.88. The van der Waals surface area contributed by atoms with Gasteiger partial charge in [-0.15, -0.1) is 0 Å². The van der Waals surface area contributed by atoms with Crippen LogP contribution in [0, 0.1) is 0 Å². The van der Waals surface area contributed by atoms with Gasteiger partial charge in [-0.2, -0.15) is 0 Å². The van der Waals surface area contributed by atoms with E-state index in [1.54, 1.807) is 7.11 Å². The molecule has 118 valence electrons. The molecular formula is C20H20ClNO. The van der Waals surface area contributed by atoms with Gasteiger partial charge in [-0.25, -0.2) is 0 Å². The van der Waals surface area contributed by atoms with Crippen LogP contribution in [0.15, 0.2) is 60.7 Å². The highest BCUT2D eigenvalue weighted by molar-refractivity contribution is 6.30. The molecule has 3 heteroatoms. The maximum absolute atomic E-state index is 6.15. The molecule has 0 bridgehead atoms. The molecule has 0 saturated heterocycles. The van der Waals surface area contributed by atoms with Crippen molar-refractivity contribution < 1.29 is 4.74 Å². The van der Waals surface area contributed by atoms with Gasteiger partial charge in [0, 0.05) is 10.9 Å². The molecule has 0 heterocycles. The third-order valence-corrected chi connectivity index (χ3v) is 4.49. The lowest BCUT2D eigenvalue weighted by molar-refractivity contribution is 0.408. The third-order valence-electron chi connectivity index (χ3n) is 4.26. The Hall–Kier alpha value is -2.03. The Morgan fingerprint density at radius 2 is 1.83 bits per heavy atom. The molecule has 3 aromatic carbocycles. The Morgan fingerprint density at radius 1 is 1.04 bits per heavy atom. The minimum Gasteiger partial charge on any atom is -0.496 e. The first-order valence-electron chi connectivity index (χ1n) is 7.73. The summed E-state index contributed by atoms with van der Waals surface area (Å²) in [6, 6.07) is 20.5. The van der Waals surface area contributed by atoms with Crippen molar-refractivity contribution >= 4 is 22.4 Å². The van der Waals surface area contributed by atoms with Gasteiger partial charge >= 0.3 is 0 Å². The van der Waals surface area contributed by atoms with Crippen LogP contribution in [0.3, 0.4) is 0 Å². The fourth-order valence-electron chi connectivity index (χ4n) is 3.10. The Labute approximate surface area is 141 Å². The standard InChI is InChI=1S/C20H20ClNO/c1-23-20-10-9-17(21)12-15(20)11-16(13-22)19-8-4-6-14-5-2-3-7-18(14)19/h2-10,12,16H,11,13,22H2,1H3. The summed E-state index contributed by atoms with van der Waals surface area (Å²) in [4.78, 5) is 0. The number of ether oxygens (including phenoxy) is 1. The van der Waals surface area contributed by atoms with Crippen molar-refractivity contribution in [3.05, 3.63) is 76.8 Å². The smallest absolute Gasteiger partial charge is 0.122 e. The van der Waals surface area contributed by atoms with E-state index in [9.17, 15) is 0 Å². The van der Waals surface area contributed by atoms with Crippen molar-refractivity contribution in [2.24, 2.45) is 5.73 Å². The van der Waals surface area contributed by atoms with Gasteiger partial charge in [-0.1, -0.05) is 54.1 Å². The van der Waals surface area contributed by atoms with Crippen LogP contribution in [0.1, 0.15) is 17.0 Å². The summed E-state index contributed by atoms with van der Waals surface area (Å²) in [6.07, 6.45) is 0.800. The molecule has 2 nitrogen and oxygen atoms in total. The number of hydrogen-bond acceptors (Lipinski definition) is 2. The molecule has 0 amide bonds. The van der Waals surface area contributed by atoms with Crippen molar-refractivity contribution in [2.45, 2.75) is 12.3 Å². The summed E-state index contributed by atoms with van der Waals surface area (Å²) in [7, 11) is 1.68. The molecule has 3 aromatic rings. The lowest BCUT2D eigenvalue weighted by Crippen LogP contribution is -2.16. The molecule has 0 saturated carbocycles. The fraction of sp³-hybridized carbons (Fsp3) is 0.200. The molecule has 0 radical (unpaired) electrons. The van der Waals surface area contributed by atoms with Crippen molar-refractivity contribution in [1.29, 1.82) is 0 Å². The fourth-order valence-corrected chi connectivity index (χ4v) is 3.29. The van der Waals surface area contributed by atoms with E-state index in [1.165, 1.54) is 16.3 Å². The summed E-state index contributed by atoms with van der Waals surface area (Å²) < 4.78 is 5.47. The van der Waals surface area contributed by atoms with Crippen LogP contribution in [0.5, 0.6) is 5.75 Å². The van der Waals surface area contributed by atoms with Gasteiger partial charge in [0.25, 0.3) is 0 Å². The maximum Gasteiger partial charge on any atom is 0.122 e. The van der Waals surface area contributed by atoms with Crippen LogP contribution < -0.4 is 10.5 Å². The number of fused-ring (bicyclic) bond motifs is 1. The summed E-state index contributed by atoms with van der Waals surface area (Å²) in [5.41, 5.74) is 8.46. The molecule has 2 N–H and O–H groups in total. The van der Waals surface area contributed by atoms with E-state index in [0.717, 1.165) is 22.8 Å². The summed E-state index contributed by atoms with van der Waals surface area (Å²) in [5.74, 6) is 1.07. The Bertz CT molecular complexity index is 810. The molecular weight excluding hydrogens is 306 g/mol. The molecule has 0 aliphatic rings. The normalized spacial score (nSPS) is 12.3. The Morgan fingerprint density at radius 3 is 2.61 bits per heavy atom. The number of hydrogen-bond donors (Lipinski definition) is 1. The molecule has 1 unspecified atom stereocenters. The van der Waals surface area contributed by atoms with Gasteiger partial charge in [-0.05, 0) is 53.1 Å². The van der Waals surface area contributed by atoms with Crippen molar-refractivity contribution in [2.75, 3.05) is 13.7 Å². The predicted octanol–water partition coefficient (Wildman–Crippen LogP) is 4.79. The predicted molar refractivity (Wildman–Crippen MR) is 97.5 cm³/mol. The number of rotatable bonds is 5. The maximum atomic E-state index is 6.15. The highest BCUT2D eigenvalue weighted by Gasteiger charge is 2.16. The van der Waals surface area contributed by atoms with E-state index >= 15 is 0 Å². The number of methoxy groups -OCH3 is 1. The summed E-state index contributed by atoms with van der Waals surface area (Å²) >= 11 is 6.15. The van der Waals surface area contributed by atoms with Crippen LogP contribution >= 0.6 is 11.6 Å². The number of nitrogens with two attached hydrogens (primary N) is 1. The van der Waals surface area contributed by atoms with E-state index in [2.05, 4.69) is 42.5 Å². The SMILES string of the molecule is COc1ccc(Cl)cc1CC(CN)c1cccc2ccccc12. The Balaban J connectivity index is 2.01. The van der Waals surface area contributed by atoms with Gasteiger partial charge in [0.1, 0.15) is 5.75 Å². The molecule has 23 heavy (non-hydrogen) atoms. The van der Waals surface area contributed by atoms with Crippen LogP contribution in [0.25, 0.3) is 10.8 Å². The first-order valence-corrected chi connectivity index (χ1v) is 8.11. The molecule has 0 fully saturated rings. The second-order valence-electron chi connectivity index (χ2n) is 5.66. The van der Waals surface area contributed by atoms with Gasteiger partial charge in [0.15, 0.2) is 0 Å². The largest absolute Gasteiger partial charge is 0.496 e. The van der Waals surface area contributed by atoms with Crippen molar-refractivity contribution in [3.8, 4) is 5.75 Å². The Kier molecular flexibility index (Phi) is 4.85. The van der Waals surface area contributed by atoms with Crippen molar-refractivity contribution in [1.82, 2.24) is 0 Å². The van der Waals surface area contributed by atoms with E-state index in [-0.39, 0.29) is 5.92 Å². The van der Waals surface area contributed by atoms with Gasteiger partial charge < -0.3 is 10.5 Å². The molecule has 3 rings (SSSR count). The first-order chi connectivity index (χ1) is 11.2. The first kappa shape index (κ1) is 15.9. The average Bonchev–Trinajstić information content (AvgIpc) is 2.59. The quantitative estimate of drug-likeness (QED) is 0.732. The monoisotopic (exact) mass is 325 g/mol.